The van der Waals surface area contributed by atoms with Gasteiger partial charge in [-0.2, -0.15) is 18.3 Å². The normalized spacial score (nSPS) is 11.7. The topological polar surface area (TPSA) is 42.7 Å². The molecule has 0 aliphatic carbocycles. The van der Waals surface area contributed by atoms with Gasteiger partial charge in [-0.05, 0) is 55.2 Å². The molecule has 32 heavy (non-hydrogen) atoms. The van der Waals surface area contributed by atoms with Crippen LogP contribution in [0.1, 0.15) is 51.4 Å². The number of allylic oxidation sites excluding steroid dienone is 1. The monoisotopic (exact) mass is 442 g/mol. The van der Waals surface area contributed by atoms with Crippen molar-refractivity contribution in [1.29, 1.82) is 0 Å². The first-order valence-electron chi connectivity index (χ1n) is 10.9. The third-order valence-electron chi connectivity index (χ3n) is 5.03. The van der Waals surface area contributed by atoms with Gasteiger partial charge < -0.3 is 5.32 Å². The molecule has 0 saturated heterocycles. The van der Waals surface area contributed by atoms with Crippen molar-refractivity contribution < 1.29 is 13.2 Å². The number of nitrogens with one attached hydrogen (secondary N) is 1. The van der Waals surface area contributed by atoms with Crippen LogP contribution in [0.15, 0.2) is 60.8 Å². The van der Waals surface area contributed by atoms with Gasteiger partial charge in [-0.1, -0.05) is 45.9 Å². The van der Waals surface area contributed by atoms with E-state index in [4.69, 9.17) is 0 Å². The lowest BCUT2D eigenvalue weighted by molar-refractivity contribution is -0.137. The second-order valence-corrected chi connectivity index (χ2v) is 8.30. The summed E-state index contributed by atoms with van der Waals surface area (Å²) in [7, 11) is 0. The molecule has 0 radical (unpaired) electrons. The van der Waals surface area contributed by atoms with Crippen molar-refractivity contribution >= 4 is 5.69 Å². The van der Waals surface area contributed by atoms with Crippen LogP contribution >= 0.6 is 0 Å². The minimum atomic E-state index is -4.42. The molecule has 0 spiro atoms. The lowest BCUT2D eigenvalue weighted by Crippen LogP contribution is -2.06. The second-order valence-electron chi connectivity index (χ2n) is 8.30. The van der Waals surface area contributed by atoms with Gasteiger partial charge in [0.2, 0.25) is 0 Å². The van der Waals surface area contributed by atoms with Gasteiger partial charge >= 0.3 is 6.18 Å². The highest BCUT2D eigenvalue weighted by Gasteiger charge is 2.31. The zero-order valence-corrected chi connectivity index (χ0v) is 18.7. The zero-order valence-electron chi connectivity index (χ0n) is 18.7. The molecular formula is C25H29F3N4. The average Bonchev–Trinajstić information content (AvgIpc) is 3.17. The van der Waals surface area contributed by atoms with Crippen molar-refractivity contribution in [1.82, 2.24) is 14.8 Å². The van der Waals surface area contributed by atoms with E-state index in [1.807, 2.05) is 24.3 Å². The average molecular weight is 443 g/mol. The number of aromatic nitrogens is 3. The molecule has 2 aromatic carbocycles. The van der Waals surface area contributed by atoms with Crippen LogP contribution in [0.3, 0.4) is 0 Å². The molecular weight excluding hydrogens is 413 g/mol. The Bertz CT molecular complexity index is 1050. The summed E-state index contributed by atoms with van der Waals surface area (Å²) >= 11 is 0. The molecule has 1 aromatic heterocycles. The van der Waals surface area contributed by atoms with Gasteiger partial charge in [-0.15, -0.1) is 0 Å². The Morgan fingerprint density at radius 2 is 1.84 bits per heavy atom. The van der Waals surface area contributed by atoms with Crippen LogP contribution in [-0.2, 0) is 12.6 Å². The molecule has 1 heterocycles. The fraction of sp³-hybridized carbons (Fsp3) is 0.360. The Kier molecular flexibility index (Phi) is 7.38. The van der Waals surface area contributed by atoms with E-state index < -0.39 is 11.7 Å². The number of aryl methyl sites for hydroxylation is 1. The maximum absolute atomic E-state index is 13.3. The van der Waals surface area contributed by atoms with Gasteiger partial charge in [0.05, 0.1) is 11.3 Å². The van der Waals surface area contributed by atoms with Gasteiger partial charge in [-0.3, -0.25) is 0 Å². The van der Waals surface area contributed by atoms with Crippen molar-refractivity contribution in [2.24, 2.45) is 5.92 Å². The smallest absolute Gasteiger partial charge is 0.359 e. The van der Waals surface area contributed by atoms with Gasteiger partial charge in [0.25, 0.3) is 0 Å². The Labute approximate surface area is 187 Å². The van der Waals surface area contributed by atoms with Crippen molar-refractivity contribution in [2.75, 3.05) is 5.32 Å². The fourth-order valence-corrected chi connectivity index (χ4v) is 3.33. The van der Waals surface area contributed by atoms with Crippen LogP contribution in [0.4, 0.5) is 18.9 Å². The summed E-state index contributed by atoms with van der Waals surface area (Å²) in [4.78, 5) is 4.60. The van der Waals surface area contributed by atoms with Crippen LogP contribution in [0.5, 0.6) is 0 Å². The molecule has 0 amide bonds. The lowest BCUT2D eigenvalue weighted by atomic mass is 10.1. The minimum absolute atomic E-state index is 0.377. The standard InChI is InChI=1S/C25H29F3N4/c1-5-7-18(4)29-21-11-13-22(14-12-21)32-24(30-23(31-32)15-10-17(2)3)19-8-6-9-20(16-19)25(26,27)28/h6,8-9,11-14,16-17,29H,4-5,7,10,15H2,1-3H3. The first-order valence-corrected chi connectivity index (χ1v) is 10.9. The quantitative estimate of drug-likeness (QED) is 0.379. The number of hydrogen-bond acceptors (Lipinski definition) is 3. The number of halogens is 3. The van der Waals surface area contributed by atoms with Crippen molar-refractivity contribution in [3.63, 3.8) is 0 Å². The first-order chi connectivity index (χ1) is 15.2. The van der Waals surface area contributed by atoms with Crippen LogP contribution in [0.25, 0.3) is 17.1 Å². The first kappa shape index (κ1) is 23.6. The van der Waals surface area contributed by atoms with E-state index in [1.54, 1.807) is 10.7 Å². The SMILES string of the molecule is C=C(CCC)Nc1ccc(-n2nc(CCC(C)C)nc2-c2cccc(C(F)(F)F)c2)cc1. The molecule has 1 N–H and O–H groups in total. The molecule has 0 aliphatic rings. The molecule has 7 heteroatoms. The number of hydrogen-bond donors (Lipinski definition) is 1. The molecule has 3 aromatic rings. The molecule has 0 saturated carbocycles. The number of nitrogens with zero attached hydrogens (tertiary/aromatic N) is 3. The highest BCUT2D eigenvalue weighted by atomic mass is 19.4. The predicted octanol–water partition coefficient (Wildman–Crippen LogP) is 7.27. The summed E-state index contributed by atoms with van der Waals surface area (Å²) in [5.41, 5.74) is 2.23. The van der Waals surface area contributed by atoms with Crippen molar-refractivity contribution in [3.05, 3.63) is 72.2 Å². The van der Waals surface area contributed by atoms with Crippen molar-refractivity contribution in [3.8, 4) is 17.1 Å². The van der Waals surface area contributed by atoms with Crippen LogP contribution in [-0.4, -0.2) is 14.8 Å². The van der Waals surface area contributed by atoms with E-state index in [0.29, 0.717) is 29.6 Å². The Hall–Kier alpha value is -3.09. The van der Waals surface area contributed by atoms with Crippen LogP contribution in [0.2, 0.25) is 0 Å². The predicted molar refractivity (Wildman–Crippen MR) is 123 cm³/mol. The Morgan fingerprint density at radius 1 is 1.12 bits per heavy atom. The minimum Gasteiger partial charge on any atom is -0.359 e. The third kappa shape index (κ3) is 5.99. The van der Waals surface area contributed by atoms with E-state index in [1.165, 1.54) is 6.07 Å². The fourth-order valence-electron chi connectivity index (χ4n) is 3.33. The Morgan fingerprint density at radius 3 is 2.47 bits per heavy atom. The van der Waals surface area contributed by atoms with Crippen molar-refractivity contribution in [2.45, 2.75) is 52.6 Å². The van der Waals surface area contributed by atoms with Gasteiger partial charge in [-0.25, -0.2) is 9.67 Å². The summed E-state index contributed by atoms with van der Waals surface area (Å²) in [6.07, 6.45) is -0.983. The Balaban J connectivity index is 1.98. The van der Waals surface area contributed by atoms with Gasteiger partial charge in [0.15, 0.2) is 11.6 Å². The van der Waals surface area contributed by atoms with E-state index in [0.717, 1.165) is 48.5 Å². The number of alkyl halides is 3. The maximum atomic E-state index is 13.3. The summed E-state index contributed by atoms with van der Waals surface area (Å²) < 4.78 is 41.4. The van der Waals surface area contributed by atoms with Crippen LogP contribution < -0.4 is 5.32 Å². The van der Waals surface area contributed by atoms with E-state index in [2.05, 4.69) is 42.7 Å². The van der Waals surface area contributed by atoms with E-state index >= 15 is 0 Å². The summed E-state index contributed by atoms with van der Waals surface area (Å²) in [5, 5.41) is 7.89. The lowest BCUT2D eigenvalue weighted by Gasteiger charge is -2.11. The number of anilines is 1. The zero-order chi connectivity index (χ0) is 23.3. The van der Waals surface area contributed by atoms with Gasteiger partial charge in [0.1, 0.15) is 0 Å². The summed E-state index contributed by atoms with van der Waals surface area (Å²) in [5.74, 6) is 1.48. The second kappa shape index (κ2) is 10.0. The molecule has 0 bridgehead atoms. The van der Waals surface area contributed by atoms with Crippen LogP contribution in [0, 0.1) is 5.92 Å². The molecule has 170 valence electrons. The molecule has 0 fully saturated rings. The highest BCUT2D eigenvalue weighted by Crippen LogP contribution is 2.32. The molecule has 0 aliphatic heterocycles. The number of benzene rings is 2. The maximum Gasteiger partial charge on any atom is 0.416 e. The molecule has 0 unspecified atom stereocenters. The summed E-state index contributed by atoms with van der Waals surface area (Å²) in [6.45, 7) is 10.3. The van der Waals surface area contributed by atoms with Gasteiger partial charge in [0, 0.05) is 23.4 Å². The largest absolute Gasteiger partial charge is 0.416 e. The third-order valence-corrected chi connectivity index (χ3v) is 5.03. The molecule has 0 atom stereocenters. The molecule has 4 nitrogen and oxygen atoms in total. The summed E-state index contributed by atoms with van der Waals surface area (Å²) in [6, 6.07) is 12.8. The highest BCUT2D eigenvalue weighted by molar-refractivity contribution is 5.60. The van der Waals surface area contributed by atoms with E-state index in [-0.39, 0.29) is 0 Å². The van der Waals surface area contributed by atoms with E-state index in [9.17, 15) is 13.2 Å². The number of rotatable bonds is 9. The molecule has 3 rings (SSSR count).